The second-order valence-electron chi connectivity index (χ2n) is 6.75. The molecule has 118 valence electrons. The number of methoxy groups -OCH3 is 1. The lowest BCUT2D eigenvalue weighted by atomic mass is 9.61. The molecule has 3 N–H and O–H groups in total. The Bertz CT molecular complexity index is 305. The molecule has 0 aromatic carbocycles. The van der Waals surface area contributed by atoms with Gasteiger partial charge >= 0.3 is 0 Å². The molecule has 3 atom stereocenters. The highest BCUT2D eigenvalue weighted by Gasteiger charge is 2.44. The molecule has 0 saturated heterocycles. The summed E-state index contributed by atoms with van der Waals surface area (Å²) >= 11 is 0. The Morgan fingerprint density at radius 2 is 2.00 bits per heavy atom. The van der Waals surface area contributed by atoms with Crippen LogP contribution in [0.15, 0.2) is 0 Å². The van der Waals surface area contributed by atoms with Crippen molar-refractivity contribution in [2.75, 3.05) is 20.3 Å². The minimum atomic E-state index is -0.0161. The third-order valence-electron chi connectivity index (χ3n) is 5.14. The van der Waals surface area contributed by atoms with E-state index in [1.54, 1.807) is 7.11 Å². The zero-order chi connectivity index (χ0) is 15.2. The normalized spacial score (nSPS) is 29.1. The fourth-order valence-electron chi connectivity index (χ4n) is 3.20. The molecule has 0 bridgehead atoms. The summed E-state index contributed by atoms with van der Waals surface area (Å²) in [6, 6.07) is 0.225. The minimum absolute atomic E-state index is 0.0161. The summed E-state index contributed by atoms with van der Waals surface area (Å²) < 4.78 is 5.01. The second-order valence-corrected chi connectivity index (χ2v) is 6.75. The van der Waals surface area contributed by atoms with Crippen LogP contribution in [0.5, 0.6) is 0 Å². The minimum Gasteiger partial charge on any atom is -0.385 e. The Morgan fingerprint density at radius 3 is 2.65 bits per heavy atom. The lowest BCUT2D eigenvalue weighted by molar-refractivity contribution is -0.132. The van der Waals surface area contributed by atoms with Crippen LogP contribution >= 0.6 is 0 Å². The van der Waals surface area contributed by atoms with Gasteiger partial charge in [0.1, 0.15) is 0 Å². The molecule has 20 heavy (non-hydrogen) atoms. The Hall–Kier alpha value is -0.610. The van der Waals surface area contributed by atoms with Gasteiger partial charge in [-0.2, -0.15) is 0 Å². The standard InChI is InChI=1S/C16H32N2O2/c1-12-14(17)9-8-13(16(12,2)3)15(19)18-10-6-5-7-11-20-4/h12-14H,5-11,17H2,1-4H3,(H,18,19). The van der Waals surface area contributed by atoms with Crippen LogP contribution in [0, 0.1) is 17.3 Å². The molecule has 3 unspecified atom stereocenters. The number of carbonyl (C=O) groups excluding carboxylic acids is 1. The number of hydrogen-bond donors (Lipinski definition) is 2. The third-order valence-corrected chi connectivity index (χ3v) is 5.14. The maximum atomic E-state index is 12.4. The zero-order valence-electron chi connectivity index (χ0n) is 13.6. The molecule has 4 heteroatoms. The van der Waals surface area contributed by atoms with E-state index in [1.807, 2.05) is 0 Å². The van der Waals surface area contributed by atoms with Gasteiger partial charge in [0.2, 0.25) is 5.91 Å². The molecule has 1 aliphatic carbocycles. The first-order valence-corrected chi connectivity index (χ1v) is 7.93. The molecule has 1 fully saturated rings. The molecular weight excluding hydrogens is 252 g/mol. The first-order chi connectivity index (χ1) is 9.41. The van der Waals surface area contributed by atoms with Crippen molar-refractivity contribution in [1.82, 2.24) is 5.32 Å². The number of nitrogens with one attached hydrogen (secondary N) is 1. The summed E-state index contributed by atoms with van der Waals surface area (Å²) in [6.45, 7) is 8.11. The second kappa shape index (κ2) is 7.99. The van der Waals surface area contributed by atoms with Crippen LogP contribution in [0.25, 0.3) is 0 Å². The van der Waals surface area contributed by atoms with Gasteiger partial charge in [-0.05, 0) is 43.4 Å². The Kier molecular flexibility index (Phi) is 6.96. The van der Waals surface area contributed by atoms with E-state index in [0.717, 1.165) is 45.3 Å². The van der Waals surface area contributed by atoms with Gasteiger partial charge in [-0.3, -0.25) is 4.79 Å². The van der Waals surface area contributed by atoms with Crippen LogP contribution in [-0.2, 0) is 9.53 Å². The number of amides is 1. The van der Waals surface area contributed by atoms with Gasteiger partial charge in [0, 0.05) is 32.2 Å². The number of ether oxygens (including phenoxy) is 1. The molecule has 0 spiro atoms. The van der Waals surface area contributed by atoms with Crippen molar-refractivity contribution in [1.29, 1.82) is 0 Å². The summed E-state index contributed by atoms with van der Waals surface area (Å²) in [7, 11) is 1.72. The number of unbranched alkanes of at least 4 members (excludes halogenated alkanes) is 2. The van der Waals surface area contributed by atoms with Crippen LogP contribution in [0.3, 0.4) is 0 Å². The lowest BCUT2D eigenvalue weighted by Crippen LogP contribution is -2.51. The Labute approximate surface area is 123 Å². The number of carbonyl (C=O) groups is 1. The van der Waals surface area contributed by atoms with Crippen molar-refractivity contribution in [3.05, 3.63) is 0 Å². The summed E-state index contributed by atoms with van der Waals surface area (Å²) in [6.07, 6.45) is 5.05. The Balaban J connectivity index is 2.35. The van der Waals surface area contributed by atoms with Gasteiger partial charge in [-0.25, -0.2) is 0 Å². The van der Waals surface area contributed by atoms with Gasteiger partial charge < -0.3 is 15.8 Å². The van der Waals surface area contributed by atoms with E-state index in [4.69, 9.17) is 10.5 Å². The monoisotopic (exact) mass is 284 g/mol. The van der Waals surface area contributed by atoms with Crippen molar-refractivity contribution >= 4 is 5.91 Å². The smallest absolute Gasteiger partial charge is 0.223 e. The van der Waals surface area contributed by atoms with Crippen molar-refractivity contribution in [2.45, 2.75) is 58.9 Å². The van der Waals surface area contributed by atoms with Gasteiger partial charge in [-0.1, -0.05) is 20.8 Å². The SMILES string of the molecule is COCCCCCNC(=O)C1CCC(N)C(C)C1(C)C. The molecule has 1 rings (SSSR count). The fraction of sp³-hybridized carbons (Fsp3) is 0.938. The van der Waals surface area contributed by atoms with Crippen molar-refractivity contribution in [3.63, 3.8) is 0 Å². The van der Waals surface area contributed by atoms with Crippen LogP contribution in [0.4, 0.5) is 0 Å². The maximum Gasteiger partial charge on any atom is 0.223 e. The Morgan fingerprint density at radius 1 is 1.30 bits per heavy atom. The molecule has 1 amide bonds. The zero-order valence-corrected chi connectivity index (χ0v) is 13.6. The van der Waals surface area contributed by atoms with E-state index < -0.39 is 0 Å². The largest absolute Gasteiger partial charge is 0.385 e. The van der Waals surface area contributed by atoms with Gasteiger partial charge in [0.15, 0.2) is 0 Å². The summed E-state index contributed by atoms with van der Waals surface area (Å²) in [5.74, 6) is 0.686. The number of hydrogen-bond acceptors (Lipinski definition) is 3. The van der Waals surface area contributed by atoms with Crippen molar-refractivity contribution in [2.24, 2.45) is 23.0 Å². The van der Waals surface area contributed by atoms with E-state index in [-0.39, 0.29) is 23.3 Å². The van der Waals surface area contributed by atoms with E-state index >= 15 is 0 Å². The van der Waals surface area contributed by atoms with Crippen LogP contribution in [-0.4, -0.2) is 32.2 Å². The maximum absolute atomic E-state index is 12.4. The quantitative estimate of drug-likeness (QED) is 0.705. The molecule has 0 aromatic rings. The van der Waals surface area contributed by atoms with Crippen molar-refractivity contribution in [3.8, 4) is 0 Å². The molecular formula is C16H32N2O2. The van der Waals surface area contributed by atoms with Gasteiger partial charge in [0.25, 0.3) is 0 Å². The van der Waals surface area contributed by atoms with E-state index in [9.17, 15) is 4.79 Å². The average molecular weight is 284 g/mol. The highest BCUT2D eigenvalue weighted by Crippen LogP contribution is 2.44. The van der Waals surface area contributed by atoms with E-state index in [1.165, 1.54) is 0 Å². The summed E-state index contributed by atoms with van der Waals surface area (Å²) in [4.78, 5) is 12.4. The molecule has 0 heterocycles. The molecule has 0 radical (unpaired) electrons. The van der Waals surface area contributed by atoms with Crippen molar-refractivity contribution < 1.29 is 9.53 Å². The number of nitrogens with two attached hydrogens (primary N) is 1. The number of rotatable bonds is 7. The average Bonchev–Trinajstić information content (AvgIpc) is 2.40. The first kappa shape index (κ1) is 17.4. The van der Waals surface area contributed by atoms with Crippen LogP contribution < -0.4 is 11.1 Å². The highest BCUT2D eigenvalue weighted by atomic mass is 16.5. The molecule has 0 aliphatic heterocycles. The fourth-order valence-corrected chi connectivity index (χ4v) is 3.20. The molecule has 1 aliphatic rings. The van der Waals surface area contributed by atoms with Crippen LogP contribution in [0.2, 0.25) is 0 Å². The summed E-state index contributed by atoms with van der Waals surface area (Å²) in [5.41, 5.74) is 6.12. The van der Waals surface area contributed by atoms with Crippen LogP contribution in [0.1, 0.15) is 52.9 Å². The van der Waals surface area contributed by atoms with E-state index in [0.29, 0.717) is 5.92 Å². The topological polar surface area (TPSA) is 64.3 Å². The highest BCUT2D eigenvalue weighted by molar-refractivity contribution is 5.79. The predicted octanol–water partition coefficient (Wildman–Crippen LogP) is 2.32. The molecule has 4 nitrogen and oxygen atoms in total. The molecule has 0 aromatic heterocycles. The van der Waals surface area contributed by atoms with Gasteiger partial charge in [-0.15, -0.1) is 0 Å². The van der Waals surface area contributed by atoms with Gasteiger partial charge in [0.05, 0.1) is 0 Å². The van der Waals surface area contributed by atoms with E-state index in [2.05, 4.69) is 26.1 Å². The summed E-state index contributed by atoms with van der Waals surface area (Å²) in [5, 5.41) is 3.10. The predicted molar refractivity (Wildman–Crippen MR) is 82.4 cm³/mol. The third kappa shape index (κ3) is 4.45. The lowest BCUT2D eigenvalue weighted by Gasteiger charge is -2.46. The first-order valence-electron chi connectivity index (χ1n) is 7.93. The molecule has 1 saturated carbocycles.